The minimum atomic E-state index is -0.377. The Morgan fingerprint density at radius 1 is 1.16 bits per heavy atom. The van der Waals surface area contributed by atoms with E-state index in [1.165, 1.54) is 0 Å². The molecule has 0 saturated heterocycles. The minimum absolute atomic E-state index is 0.141. The van der Waals surface area contributed by atoms with Gasteiger partial charge in [0, 0.05) is 12.2 Å². The summed E-state index contributed by atoms with van der Waals surface area (Å²) in [6.07, 6.45) is 1.74. The van der Waals surface area contributed by atoms with Crippen LogP contribution in [0.15, 0.2) is 47.1 Å². The highest BCUT2D eigenvalue weighted by atomic mass is 16.5. The first-order chi connectivity index (χ1) is 12.2. The van der Waals surface area contributed by atoms with E-state index in [9.17, 15) is 9.59 Å². The number of carbonyl (C=O) groups excluding carboxylic acids is 2. The molecule has 25 heavy (non-hydrogen) atoms. The average molecular weight is 346 g/mol. The first-order valence-corrected chi connectivity index (χ1v) is 8.07. The molecule has 0 radical (unpaired) electrons. The fourth-order valence-corrected chi connectivity index (χ4v) is 2.09. The second-order valence-corrected chi connectivity index (χ2v) is 5.21. The second kappa shape index (κ2) is 10.1. The van der Waals surface area contributed by atoms with Gasteiger partial charge in [-0.05, 0) is 36.8 Å². The van der Waals surface area contributed by atoms with Crippen molar-refractivity contribution in [2.75, 3.05) is 18.5 Å². The molecule has 1 aromatic carbocycles. The van der Waals surface area contributed by atoms with E-state index in [1.807, 2.05) is 30.3 Å². The van der Waals surface area contributed by atoms with Crippen molar-refractivity contribution in [2.24, 2.45) is 0 Å². The zero-order chi connectivity index (χ0) is 17.9. The number of furan rings is 1. The Kier molecular flexibility index (Phi) is 7.52. The van der Waals surface area contributed by atoms with Crippen LogP contribution in [0.4, 0.5) is 10.5 Å². The molecule has 0 aliphatic heterocycles. The number of amides is 2. The van der Waals surface area contributed by atoms with E-state index in [1.54, 1.807) is 19.3 Å². The van der Waals surface area contributed by atoms with Crippen LogP contribution in [0, 0.1) is 0 Å². The number of anilines is 1. The monoisotopic (exact) mass is 346 g/mol. The van der Waals surface area contributed by atoms with Crippen molar-refractivity contribution in [1.82, 2.24) is 5.32 Å². The molecule has 1 aromatic heterocycles. The van der Waals surface area contributed by atoms with Gasteiger partial charge < -0.3 is 24.5 Å². The molecule has 2 N–H and O–H groups in total. The largest absolute Gasteiger partial charge is 0.467 e. The predicted molar refractivity (Wildman–Crippen MR) is 91.9 cm³/mol. The quantitative estimate of drug-likeness (QED) is 0.681. The van der Waals surface area contributed by atoms with E-state index in [4.69, 9.17) is 13.9 Å². The summed E-state index contributed by atoms with van der Waals surface area (Å²) in [6.45, 7) is 3.08. The van der Waals surface area contributed by atoms with E-state index in [0.29, 0.717) is 25.5 Å². The fraction of sp³-hybridized carbons (Fsp3) is 0.333. The SMILES string of the molecule is CCOC(=O)CCNC(=O)Nc1cccc(COCc2ccco2)c1. The number of hydrogen-bond donors (Lipinski definition) is 2. The maximum Gasteiger partial charge on any atom is 0.319 e. The third-order valence-electron chi connectivity index (χ3n) is 3.20. The van der Waals surface area contributed by atoms with Crippen LogP contribution >= 0.6 is 0 Å². The molecule has 2 aromatic rings. The van der Waals surface area contributed by atoms with Crippen LogP contribution in [0.5, 0.6) is 0 Å². The lowest BCUT2D eigenvalue weighted by Crippen LogP contribution is -2.30. The number of hydrogen-bond acceptors (Lipinski definition) is 5. The lowest BCUT2D eigenvalue weighted by atomic mass is 10.2. The van der Waals surface area contributed by atoms with Gasteiger partial charge in [0.05, 0.1) is 25.9 Å². The van der Waals surface area contributed by atoms with Crippen LogP contribution in [0.3, 0.4) is 0 Å². The highest BCUT2D eigenvalue weighted by Crippen LogP contribution is 2.12. The zero-order valence-corrected chi connectivity index (χ0v) is 14.1. The molecule has 0 aliphatic carbocycles. The lowest BCUT2D eigenvalue weighted by molar-refractivity contribution is -0.142. The Bertz CT molecular complexity index is 670. The maximum atomic E-state index is 11.8. The van der Waals surface area contributed by atoms with Gasteiger partial charge in [0.15, 0.2) is 0 Å². The van der Waals surface area contributed by atoms with Crippen molar-refractivity contribution >= 4 is 17.7 Å². The zero-order valence-electron chi connectivity index (χ0n) is 14.1. The van der Waals surface area contributed by atoms with Crippen molar-refractivity contribution in [3.8, 4) is 0 Å². The van der Waals surface area contributed by atoms with Gasteiger partial charge in [-0.3, -0.25) is 4.79 Å². The predicted octanol–water partition coefficient (Wildman–Crippen LogP) is 3.07. The average Bonchev–Trinajstić information content (AvgIpc) is 3.09. The Labute approximate surface area is 146 Å². The molecule has 7 heteroatoms. The molecule has 0 unspecified atom stereocenters. The van der Waals surface area contributed by atoms with Crippen LogP contribution in [-0.4, -0.2) is 25.2 Å². The van der Waals surface area contributed by atoms with Gasteiger partial charge in [-0.1, -0.05) is 12.1 Å². The van der Waals surface area contributed by atoms with Gasteiger partial charge in [-0.15, -0.1) is 0 Å². The number of ether oxygens (including phenoxy) is 2. The topological polar surface area (TPSA) is 89.8 Å². The molecule has 0 bridgehead atoms. The molecule has 0 fully saturated rings. The standard InChI is InChI=1S/C18H22N2O5/c1-2-24-17(21)8-9-19-18(22)20-15-6-3-5-14(11-15)12-23-13-16-7-4-10-25-16/h3-7,10-11H,2,8-9,12-13H2,1H3,(H2,19,20,22). The van der Waals surface area contributed by atoms with Gasteiger partial charge >= 0.3 is 12.0 Å². The molecule has 0 saturated carbocycles. The highest BCUT2D eigenvalue weighted by molar-refractivity contribution is 5.89. The van der Waals surface area contributed by atoms with Gasteiger partial charge in [0.1, 0.15) is 12.4 Å². The molecule has 0 spiro atoms. The summed E-state index contributed by atoms with van der Waals surface area (Å²) in [5.41, 5.74) is 1.57. The number of benzene rings is 1. The van der Waals surface area contributed by atoms with Crippen LogP contribution in [0.1, 0.15) is 24.7 Å². The van der Waals surface area contributed by atoms with Crippen LogP contribution in [0.25, 0.3) is 0 Å². The second-order valence-electron chi connectivity index (χ2n) is 5.21. The third-order valence-corrected chi connectivity index (χ3v) is 3.20. The summed E-state index contributed by atoms with van der Waals surface area (Å²) < 4.78 is 15.5. The summed E-state index contributed by atoms with van der Waals surface area (Å²) in [5.74, 6) is 0.425. The summed E-state index contributed by atoms with van der Waals surface area (Å²) in [5, 5.41) is 5.32. The molecule has 2 rings (SSSR count). The Hall–Kier alpha value is -2.80. The Balaban J connectivity index is 1.72. The number of carbonyl (C=O) groups is 2. The molecule has 1 heterocycles. The summed E-state index contributed by atoms with van der Waals surface area (Å²) >= 11 is 0. The van der Waals surface area contributed by atoms with Gasteiger partial charge in [0.2, 0.25) is 0 Å². The van der Waals surface area contributed by atoms with Crippen molar-refractivity contribution in [3.05, 3.63) is 54.0 Å². The van der Waals surface area contributed by atoms with Gasteiger partial charge in [-0.25, -0.2) is 4.79 Å². The van der Waals surface area contributed by atoms with Gasteiger partial charge in [0.25, 0.3) is 0 Å². The number of esters is 1. The third kappa shape index (κ3) is 7.09. The van der Waals surface area contributed by atoms with E-state index in [-0.39, 0.29) is 25.0 Å². The first-order valence-electron chi connectivity index (χ1n) is 8.07. The maximum absolute atomic E-state index is 11.8. The van der Waals surface area contributed by atoms with Crippen LogP contribution in [-0.2, 0) is 27.5 Å². The first kappa shape index (κ1) is 18.5. The van der Waals surface area contributed by atoms with Crippen LogP contribution < -0.4 is 10.6 Å². The normalized spacial score (nSPS) is 10.3. The van der Waals surface area contributed by atoms with E-state index in [2.05, 4.69) is 10.6 Å². The smallest absolute Gasteiger partial charge is 0.319 e. The molecule has 2 amide bonds. The molecule has 0 aliphatic rings. The molecule has 0 atom stereocenters. The van der Waals surface area contributed by atoms with E-state index in [0.717, 1.165) is 11.3 Å². The Morgan fingerprint density at radius 2 is 2.04 bits per heavy atom. The van der Waals surface area contributed by atoms with Crippen molar-refractivity contribution in [3.63, 3.8) is 0 Å². The fourth-order valence-electron chi connectivity index (χ4n) is 2.09. The molecular formula is C18H22N2O5. The highest BCUT2D eigenvalue weighted by Gasteiger charge is 2.05. The van der Waals surface area contributed by atoms with Gasteiger partial charge in [-0.2, -0.15) is 0 Å². The Morgan fingerprint density at radius 3 is 2.80 bits per heavy atom. The van der Waals surface area contributed by atoms with E-state index < -0.39 is 0 Å². The lowest BCUT2D eigenvalue weighted by Gasteiger charge is -2.09. The minimum Gasteiger partial charge on any atom is -0.467 e. The summed E-state index contributed by atoms with van der Waals surface area (Å²) in [7, 11) is 0. The van der Waals surface area contributed by atoms with Crippen LogP contribution in [0.2, 0.25) is 0 Å². The summed E-state index contributed by atoms with van der Waals surface area (Å²) in [6, 6.07) is 10.6. The van der Waals surface area contributed by atoms with E-state index >= 15 is 0 Å². The number of rotatable bonds is 9. The van der Waals surface area contributed by atoms with Crippen molar-refractivity contribution in [1.29, 1.82) is 0 Å². The molecule has 134 valence electrons. The number of nitrogens with one attached hydrogen (secondary N) is 2. The molecular weight excluding hydrogens is 324 g/mol. The van der Waals surface area contributed by atoms with Crippen molar-refractivity contribution < 1.29 is 23.5 Å². The van der Waals surface area contributed by atoms with Crippen molar-refractivity contribution in [2.45, 2.75) is 26.6 Å². The molecule has 7 nitrogen and oxygen atoms in total. The summed E-state index contributed by atoms with van der Waals surface area (Å²) in [4.78, 5) is 23.0. The number of urea groups is 1.